The van der Waals surface area contributed by atoms with Gasteiger partial charge >= 0.3 is 0 Å². The number of nitrogens with two attached hydrogens (primary N) is 1. The predicted molar refractivity (Wildman–Crippen MR) is 112 cm³/mol. The summed E-state index contributed by atoms with van der Waals surface area (Å²) < 4.78 is 22.7. The summed E-state index contributed by atoms with van der Waals surface area (Å²) in [6, 6.07) is 15.6. The second-order valence-corrected chi connectivity index (χ2v) is 6.47. The Morgan fingerprint density at radius 2 is 1.72 bits per heavy atom. The topological polar surface area (TPSA) is 79.7 Å². The molecule has 148 valence electrons. The molecular formula is C23H22N2O4. The first-order valence-corrected chi connectivity index (χ1v) is 9.17. The van der Waals surface area contributed by atoms with Gasteiger partial charge in [-0.1, -0.05) is 18.2 Å². The van der Waals surface area contributed by atoms with E-state index >= 15 is 0 Å². The van der Waals surface area contributed by atoms with Crippen LogP contribution in [0.3, 0.4) is 0 Å². The Morgan fingerprint density at radius 3 is 2.45 bits per heavy atom. The Hall–Kier alpha value is -3.51. The maximum absolute atomic E-state index is 6.26. The first-order chi connectivity index (χ1) is 14.2. The van der Waals surface area contributed by atoms with Crippen LogP contribution in [0.5, 0.6) is 17.2 Å². The van der Waals surface area contributed by atoms with Crippen molar-refractivity contribution in [1.82, 2.24) is 4.98 Å². The molecule has 6 heteroatoms. The highest BCUT2D eigenvalue weighted by Crippen LogP contribution is 2.45. The van der Waals surface area contributed by atoms with E-state index in [1.165, 1.54) is 0 Å². The van der Waals surface area contributed by atoms with Crippen LogP contribution in [0.2, 0.25) is 0 Å². The lowest BCUT2D eigenvalue weighted by Crippen LogP contribution is -1.96. The summed E-state index contributed by atoms with van der Waals surface area (Å²) >= 11 is 0. The quantitative estimate of drug-likeness (QED) is 0.516. The summed E-state index contributed by atoms with van der Waals surface area (Å²) in [5, 5.41) is 0. The zero-order valence-corrected chi connectivity index (χ0v) is 16.6. The van der Waals surface area contributed by atoms with Crippen LogP contribution < -0.4 is 19.9 Å². The van der Waals surface area contributed by atoms with Crippen molar-refractivity contribution in [2.24, 2.45) is 5.73 Å². The van der Waals surface area contributed by atoms with Crippen LogP contribution in [0, 0.1) is 0 Å². The third-order valence-electron chi connectivity index (χ3n) is 4.86. The zero-order chi connectivity index (χ0) is 20.4. The van der Waals surface area contributed by atoms with Gasteiger partial charge in [0.25, 0.3) is 0 Å². The first kappa shape index (κ1) is 18.8. The van der Waals surface area contributed by atoms with E-state index in [0.29, 0.717) is 35.1 Å². The van der Waals surface area contributed by atoms with Gasteiger partial charge < -0.3 is 24.4 Å². The Balaban J connectivity index is 1.90. The number of pyridine rings is 1. The maximum atomic E-state index is 6.26. The lowest BCUT2D eigenvalue weighted by atomic mass is 10.0. The first-order valence-electron chi connectivity index (χ1n) is 9.17. The molecule has 0 fully saturated rings. The van der Waals surface area contributed by atoms with Crippen molar-refractivity contribution < 1.29 is 18.6 Å². The van der Waals surface area contributed by atoms with E-state index in [9.17, 15) is 0 Å². The molecule has 0 unspecified atom stereocenters. The molecule has 6 nitrogen and oxygen atoms in total. The van der Waals surface area contributed by atoms with Crippen LogP contribution in [0.1, 0.15) is 5.56 Å². The predicted octanol–water partition coefficient (Wildman–Crippen LogP) is 4.65. The average molecular weight is 390 g/mol. The molecule has 2 aromatic carbocycles. The molecule has 0 bridgehead atoms. The van der Waals surface area contributed by atoms with Crippen molar-refractivity contribution in [3.8, 4) is 39.7 Å². The monoisotopic (exact) mass is 390 g/mol. The number of methoxy groups -OCH3 is 3. The standard InChI is InChI=1S/C23H22N2O4/c1-26-19-8-7-17(22(27-2)23(19)28-3)20-12-18-21(29-20)16(9-10-25-18)15-6-4-5-14(11-15)13-24/h4-12H,13,24H2,1-3H3. The van der Waals surface area contributed by atoms with Crippen LogP contribution >= 0.6 is 0 Å². The van der Waals surface area contributed by atoms with Gasteiger partial charge in [0.2, 0.25) is 5.75 Å². The van der Waals surface area contributed by atoms with E-state index < -0.39 is 0 Å². The average Bonchev–Trinajstić information content (AvgIpc) is 3.22. The molecule has 2 heterocycles. The summed E-state index contributed by atoms with van der Waals surface area (Å²) in [6.45, 7) is 0.480. The van der Waals surface area contributed by atoms with Crippen LogP contribution in [-0.2, 0) is 6.54 Å². The number of aromatic nitrogens is 1. The number of ether oxygens (including phenoxy) is 3. The normalized spacial score (nSPS) is 10.9. The highest BCUT2D eigenvalue weighted by atomic mass is 16.5. The van der Waals surface area contributed by atoms with Gasteiger partial charge in [0.1, 0.15) is 11.3 Å². The number of hydrogen-bond donors (Lipinski definition) is 1. The Labute approximate surface area is 168 Å². The number of rotatable bonds is 6. The number of benzene rings is 2. The fraction of sp³-hybridized carbons (Fsp3) is 0.174. The summed E-state index contributed by atoms with van der Waals surface area (Å²) in [5.74, 6) is 2.27. The summed E-state index contributed by atoms with van der Waals surface area (Å²) in [5.41, 5.74) is 11.1. The molecule has 0 aliphatic carbocycles. The molecule has 4 aromatic rings. The van der Waals surface area contributed by atoms with Gasteiger partial charge in [0.05, 0.1) is 26.9 Å². The molecule has 0 aliphatic rings. The van der Waals surface area contributed by atoms with E-state index in [1.54, 1.807) is 27.5 Å². The van der Waals surface area contributed by atoms with Crippen LogP contribution in [-0.4, -0.2) is 26.3 Å². The van der Waals surface area contributed by atoms with Crippen molar-refractivity contribution in [2.75, 3.05) is 21.3 Å². The lowest BCUT2D eigenvalue weighted by molar-refractivity contribution is 0.325. The molecular weight excluding hydrogens is 368 g/mol. The summed E-state index contributed by atoms with van der Waals surface area (Å²) in [6.07, 6.45) is 1.78. The molecule has 0 radical (unpaired) electrons. The van der Waals surface area contributed by atoms with Gasteiger partial charge in [0, 0.05) is 24.4 Å². The summed E-state index contributed by atoms with van der Waals surface area (Å²) in [4.78, 5) is 4.47. The van der Waals surface area contributed by atoms with E-state index in [2.05, 4.69) is 11.1 Å². The van der Waals surface area contributed by atoms with Gasteiger partial charge in [-0.15, -0.1) is 0 Å². The second-order valence-electron chi connectivity index (χ2n) is 6.47. The number of hydrogen-bond acceptors (Lipinski definition) is 6. The number of furan rings is 1. The number of nitrogens with zero attached hydrogens (tertiary/aromatic N) is 1. The van der Waals surface area contributed by atoms with E-state index in [1.807, 2.05) is 42.5 Å². The minimum atomic E-state index is 0.480. The lowest BCUT2D eigenvalue weighted by Gasteiger charge is -2.14. The Morgan fingerprint density at radius 1 is 0.897 bits per heavy atom. The molecule has 0 amide bonds. The van der Waals surface area contributed by atoms with Crippen molar-refractivity contribution in [1.29, 1.82) is 0 Å². The molecule has 2 aromatic heterocycles. The minimum Gasteiger partial charge on any atom is -0.493 e. The van der Waals surface area contributed by atoms with Crippen LogP contribution in [0.25, 0.3) is 33.6 Å². The molecule has 0 aliphatic heterocycles. The number of fused-ring (bicyclic) bond motifs is 1. The van der Waals surface area contributed by atoms with Gasteiger partial charge in [-0.2, -0.15) is 0 Å². The van der Waals surface area contributed by atoms with Crippen molar-refractivity contribution in [2.45, 2.75) is 6.54 Å². The highest BCUT2D eigenvalue weighted by molar-refractivity contribution is 5.93. The van der Waals surface area contributed by atoms with E-state index in [-0.39, 0.29) is 0 Å². The Bertz CT molecular complexity index is 1170. The highest BCUT2D eigenvalue weighted by Gasteiger charge is 2.21. The molecule has 4 rings (SSSR count). The zero-order valence-electron chi connectivity index (χ0n) is 16.6. The second kappa shape index (κ2) is 7.85. The van der Waals surface area contributed by atoms with Gasteiger partial charge in [-0.3, -0.25) is 4.98 Å². The smallest absolute Gasteiger partial charge is 0.204 e. The largest absolute Gasteiger partial charge is 0.493 e. The fourth-order valence-corrected chi connectivity index (χ4v) is 3.46. The Kier molecular flexibility index (Phi) is 5.10. The van der Waals surface area contributed by atoms with Crippen LogP contribution in [0.15, 0.2) is 59.1 Å². The molecule has 0 atom stereocenters. The molecule has 2 N–H and O–H groups in total. The van der Waals surface area contributed by atoms with E-state index in [4.69, 9.17) is 24.4 Å². The molecule has 0 spiro atoms. The molecule has 0 saturated carbocycles. The SMILES string of the molecule is COc1ccc(-c2cc3nccc(-c4cccc(CN)c4)c3o2)c(OC)c1OC. The third kappa shape index (κ3) is 3.28. The van der Waals surface area contributed by atoms with Gasteiger partial charge in [0.15, 0.2) is 17.1 Å². The summed E-state index contributed by atoms with van der Waals surface area (Å²) in [7, 11) is 4.75. The van der Waals surface area contributed by atoms with E-state index in [0.717, 1.165) is 27.8 Å². The van der Waals surface area contributed by atoms with Gasteiger partial charge in [-0.25, -0.2) is 0 Å². The van der Waals surface area contributed by atoms with Gasteiger partial charge in [-0.05, 0) is 35.4 Å². The van der Waals surface area contributed by atoms with Crippen LogP contribution in [0.4, 0.5) is 0 Å². The van der Waals surface area contributed by atoms with Crippen molar-refractivity contribution >= 4 is 11.1 Å². The molecule has 29 heavy (non-hydrogen) atoms. The third-order valence-corrected chi connectivity index (χ3v) is 4.86. The van der Waals surface area contributed by atoms with Crippen molar-refractivity contribution in [3.05, 3.63) is 60.3 Å². The molecule has 0 saturated heterocycles. The maximum Gasteiger partial charge on any atom is 0.204 e. The van der Waals surface area contributed by atoms with Crippen molar-refractivity contribution in [3.63, 3.8) is 0 Å². The minimum absolute atomic E-state index is 0.480. The fourth-order valence-electron chi connectivity index (χ4n) is 3.46.